The normalized spacial score (nSPS) is 22.0. The third kappa shape index (κ3) is 4.33. The van der Waals surface area contributed by atoms with Crippen molar-refractivity contribution in [2.24, 2.45) is 5.92 Å². The summed E-state index contributed by atoms with van der Waals surface area (Å²) in [6, 6.07) is 7.70. The number of urea groups is 1. The number of imide groups is 1. The van der Waals surface area contributed by atoms with Crippen LogP contribution in [-0.2, 0) is 30.2 Å². The minimum atomic E-state index is -1.11. The lowest BCUT2D eigenvalue weighted by Crippen LogP contribution is -2.63. The predicted octanol–water partition coefficient (Wildman–Crippen LogP) is 2.52. The Kier molecular flexibility index (Phi) is 6.46. The maximum Gasteiger partial charge on any atom is 0.433 e. The van der Waals surface area contributed by atoms with Gasteiger partial charge in [-0.15, -0.1) is 11.3 Å². The molecule has 5 rings (SSSR count). The number of thiazole rings is 1. The van der Waals surface area contributed by atoms with Gasteiger partial charge in [-0.25, -0.2) is 19.4 Å². The van der Waals surface area contributed by atoms with Gasteiger partial charge in [-0.1, -0.05) is 34.8 Å². The lowest BCUT2D eigenvalue weighted by Gasteiger charge is -2.33. The molecule has 3 heterocycles. The van der Waals surface area contributed by atoms with Gasteiger partial charge in [0.05, 0.1) is 7.11 Å². The first-order valence-electron chi connectivity index (χ1n) is 11.5. The number of nitrogens with zero attached hydrogens (tertiary/aromatic N) is 2. The van der Waals surface area contributed by atoms with Crippen LogP contribution in [0.2, 0.25) is 0 Å². The fourth-order valence-corrected chi connectivity index (χ4v) is 5.19. The first kappa shape index (κ1) is 23.9. The van der Waals surface area contributed by atoms with Crippen molar-refractivity contribution in [1.82, 2.24) is 10.3 Å². The molecule has 1 aromatic heterocycles. The minimum absolute atomic E-state index is 0.0361. The molecule has 1 saturated carbocycles. The van der Waals surface area contributed by atoms with E-state index in [2.05, 4.69) is 20.4 Å². The molecule has 2 atom stereocenters. The number of esters is 1. The fraction of sp³-hybridized carbons (Fsp3) is 0.375. The van der Waals surface area contributed by atoms with Crippen molar-refractivity contribution in [3.63, 3.8) is 0 Å². The lowest BCUT2D eigenvalue weighted by molar-refractivity contribution is -0.764. The minimum Gasteiger partial charge on any atom is -0.464 e. The van der Waals surface area contributed by atoms with Crippen LogP contribution in [0.3, 0.4) is 0 Å². The van der Waals surface area contributed by atoms with E-state index in [1.807, 2.05) is 30.3 Å². The number of quaternary nitrogens is 1. The van der Waals surface area contributed by atoms with E-state index in [9.17, 15) is 19.2 Å². The van der Waals surface area contributed by atoms with Crippen LogP contribution in [0.5, 0.6) is 0 Å². The third-order valence-electron chi connectivity index (χ3n) is 6.45. The summed E-state index contributed by atoms with van der Waals surface area (Å²) in [6.45, 7) is -0.396. The molecule has 2 aliphatic heterocycles. The van der Waals surface area contributed by atoms with Crippen molar-refractivity contribution in [1.29, 1.82) is 0 Å². The molecule has 36 heavy (non-hydrogen) atoms. The summed E-state index contributed by atoms with van der Waals surface area (Å²) in [5.74, 6) is -1.14. The van der Waals surface area contributed by atoms with Crippen molar-refractivity contribution in [3.8, 4) is 0 Å². The standard InChI is InChI=1S/C24H24N4O7S/c1-33-22(31)16-12-36-23(26-16)27-20(30)17(9-15-7-8-15)28(19(29)11-25-24(28)32)21-18(34-13-35-21)10-14-5-3-2-4-6-14/h2-6,12,15,17H,7-11,13H2,1H3,(H-,25,26,27,30,32)/p+1/t17-,28?/m0/s1. The maximum atomic E-state index is 13.7. The molecular weight excluding hydrogens is 488 g/mol. The van der Waals surface area contributed by atoms with E-state index < -0.39 is 34.3 Å². The molecule has 1 saturated heterocycles. The summed E-state index contributed by atoms with van der Waals surface area (Å²) >= 11 is 1.05. The Labute approximate surface area is 210 Å². The number of allylic oxidation sites excluding steroid dienone is 1. The van der Waals surface area contributed by atoms with Gasteiger partial charge in [-0.2, -0.15) is 0 Å². The molecule has 11 nitrogen and oxygen atoms in total. The van der Waals surface area contributed by atoms with Crippen molar-refractivity contribution < 1.29 is 37.9 Å². The van der Waals surface area contributed by atoms with Gasteiger partial charge in [0.25, 0.3) is 5.91 Å². The van der Waals surface area contributed by atoms with Gasteiger partial charge < -0.3 is 14.2 Å². The zero-order valence-corrected chi connectivity index (χ0v) is 20.3. The van der Waals surface area contributed by atoms with Gasteiger partial charge in [-0.3, -0.25) is 15.4 Å². The van der Waals surface area contributed by atoms with E-state index in [0.29, 0.717) is 18.6 Å². The second-order valence-electron chi connectivity index (χ2n) is 8.79. The molecule has 3 aliphatic rings. The molecule has 4 amide bonds. The SMILES string of the molecule is COC(=O)c1csc(NC(=O)[C@H](CC2CC2)[N+]2(C3=C(Cc4ccccc4)OCO3)C(=O)CNC2=O)n1. The number of benzene rings is 1. The van der Waals surface area contributed by atoms with Crippen molar-refractivity contribution in [2.75, 3.05) is 25.8 Å². The molecule has 2 fully saturated rings. The Hall–Kier alpha value is -3.77. The summed E-state index contributed by atoms with van der Waals surface area (Å²) in [5.41, 5.74) is 0.956. The van der Waals surface area contributed by atoms with Gasteiger partial charge in [0.1, 0.15) is 6.54 Å². The summed E-state index contributed by atoms with van der Waals surface area (Å²) < 4.78 is 15.3. The Balaban J connectivity index is 1.53. The van der Waals surface area contributed by atoms with Crippen LogP contribution in [0.4, 0.5) is 9.93 Å². The molecular formula is C24H25N4O7S+. The number of methoxy groups -OCH3 is 1. The Morgan fingerprint density at radius 1 is 1.25 bits per heavy atom. The molecule has 0 radical (unpaired) electrons. The van der Waals surface area contributed by atoms with E-state index in [4.69, 9.17) is 9.47 Å². The molecule has 2 N–H and O–H groups in total. The van der Waals surface area contributed by atoms with Gasteiger partial charge in [-0.05, 0) is 24.3 Å². The van der Waals surface area contributed by atoms with Crippen LogP contribution in [0.1, 0.15) is 35.3 Å². The highest BCUT2D eigenvalue weighted by Gasteiger charge is 2.65. The zero-order chi connectivity index (χ0) is 25.3. The molecule has 1 aromatic carbocycles. The van der Waals surface area contributed by atoms with Gasteiger partial charge >= 0.3 is 23.8 Å². The van der Waals surface area contributed by atoms with E-state index in [1.165, 1.54) is 12.5 Å². The van der Waals surface area contributed by atoms with Crippen molar-refractivity contribution >= 4 is 40.3 Å². The Bertz CT molecular complexity index is 1220. The van der Waals surface area contributed by atoms with Crippen LogP contribution >= 0.6 is 11.3 Å². The zero-order valence-electron chi connectivity index (χ0n) is 19.5. The molecule has 188 valence electrons. The first-order chi connectivity index (χ1) is 17.4. The number of carbonyl (C=O) groups is 4. The Morgan fingerprint density at radius 3 is 2.69 bits per heavy atom. The van der Waals surface area contributed by atoms with Crippen molar-refractivity contribution in [2.45, 2.75) is 31.7 Å². The summed E-state index contributed by atoms with van der Waals surface area (Å²) in [5, 5.41) is 6.92. The van der Waals surface area contributed by atoms with Crippen LogP contribution < -0.4 is 10.6 Å². The average molecular weight is 514 g/mol. The summed E-state index contributed by atoms with van der Waals surface area (Å²) in [4.78, 5) is 56.5. The smallest absolute Gasteiger partial charge is 0.433 e. The highest BCUT2D eigenvalue weighted by atomic mass is 32.1. The number of ether oxygens (including phenoxy) is 3. The third-order valence-corrected chi connectivity index (χ3v) is 7.21. The molecule has 1 aliphatic carbocycles. The van der Waals surface area contributed by atoms with Gasteiger partial charge in [0.15, 0.2) is 16.9 Å². The van der Waals surface area contributed by atoms with E-state index in [0.717, 1.165) is 29.7 Å². The number of aromatic nitrogens is 1. The van der Waals surface area contributed by atoms with E-state index >= 15 is 0 Å². The van der Waals surface area contributed by atoms with Crippen LogP contribution in [0.15, 0.2) is 47.4 Å². The number of hydrogen-bond acceptors (Lipinski definition) is 9. The summed E-state index contributed by atoms with van der Waals surface area (Å²) in [6.07, 6.45) is 2.39. The van der Waals surface area contributed by atoms with Crippen molar-refractivity contribution in [3.05, 3.63) is 58.6 Å². The number of anilines is 1. The maximum absolute atomic E-state index is 13.7. The lowest BCUT2D eigenvalue weighted by atomic mass is 10.0. The van der Waals surface area contributed by atoms with E-state index in [-0.39, 0.29) is 36.0 Å². The molecule has 12 heteroatoms. The monoisotopic (exact) mass is 513 g/mol. The second-order valence-corrected chi connectivity index (χ2v) is 9.64. The van der Waals surface area contributed by atoms with Crippen LogP contribution in [0.25, 0.3) is 0 Å². The predicted molar refractivity (Wildman–Crippen MR) is 126 cm³/mol. The molecule has 0 spiro atoms. The molecule has 2 aromatic rings. The first-order valence-corrected chi connectivity index (χ1v) is 12.4. The largest absolute Gasteiger partial charge is 0.464 e. The van der Waals surface area contributed by atoms with Gasteiger partial charge in [0.2, 0.25) is 12.6 Å². The fourth-order valence-electron chi connectivity index (χ4n) is 4.51. The number of hydrogen-bond donors (Lipinski definition) is 2. The second kappa shape index (κ2) is 9.70. The number of rotatable bonds is 9. The number of nitrogens with one attached hydrogen (secondary N) is 2. The van der Waals surface area contributed by atoms with E-state index in [1.54, 1.807) is 0 Å². The topological polar surface area (TPSA) is 133 Å². The molecule has 1 unspecified atom stereocenters. The average Bonchev–Trinajstić information content (AvgIpc) is 3.24. The highest BCUT2D eigenvalue weighted by Crippen LogP contribution is 2.42. The van der Waals surface area contributed by atoms with Crippen LogP contribution in [0, 0.1) is 5.92 Å². The van der Waals surface area contributed by atoms with Gasteiger partial charge in [0, 0.05) is 18.2 Å². The van der Waals surface area contributed by atoms with Crippen LogP contribution in [-0.4, -0.2) is 59.8 Å². The molecule has 0 bridgehead atoms. The number of carbonyl (C=O) groups excluding carboxylic acids is 4. The number of amides is 4. The summed E-state index contributed by atoms with van der Waals surface area (Å²) in [7, 11) is 1.24. The Morgan fingerprint density at radius 2 is 2.03 bits per heavy atom. The quantitative estimate of drug-likeness (QED) is 0.297. The highest BCUT2D eigenvalue weighted by molar-refractivity contribution is 7.14.